The lowest BCUT2D eigenvalue weighted by Gasteiger charge is -2.24. The van der Waals surface area contributed by atoms with Crippen molar-refractivity contribution in [1.82, 2.24) is 20.4 Å². The highest BCUT2D eigenvalue weighted by atomic mass is 19.1. The van der Waals surface area contributed by atoms with E-state index in [2.05, 4.69) is 35.7 Å². The number of benzene rings is 1. The maximum Gasteiger partial charge on any atom is 0.191 e. The molecule has 0 amide bonds. The van der Waals surface area contributed by atoms with E-state index >= 15 is 0 Å². The molecule has 1 aliphatic rings. The number of hydrogen-bond donors (Lipinski definition) is 2. The standard InChI is InChI=1S/C20H28FN5O/c1-13(2)26-12-15-6-7-16(10-18(15)25-26)24-20(22-3)23-11-14-5-8-19(27-4)17(21)9-14/h5,8-9,12-13,16H,6-7,10-11H2,1-4H3,(H2,22,23,24). The van der Waals surface area contributed by atoms with E-state index in [0.29, 0.717) is 18.5 Å². The van der Waals surface area contributed by atoms with Crippen LogP contribution in [0.4, 0.5) is 4.39 Å². The summed E-state index contributed by atoms with van der Waals surface area (Å²) in [5.41, 5.74) is 3.34. The molecule has 6 nitrogen and oxygen atoms in total. The Kier molecular flexibility index (Phi) is 5.98. The quantitative estimate of drug-likeness (QED) is 0.625. The second-order valence-corrected chi connectivity index (χ2v) is 7.15. The van der Waals surface area contributed by atoms with E-state index in [1.54, 1.807) is 13.1 Å². The summed E-state index contributed by atoms with van der Waals surface area (Å²) in [6.45, 7) is 4.77. The van der Waals surface area contributed by atoms with E-state index in [0.717, 1.165) is 24.8 Å². The number of hydrogen-bond acceptors (Lipinski definition) is 3. The topological polar surface area (TPSA) is 63.5 Å². The number of methoxy groups -OCH3 is 1. The number of nitrogens with one attached hydrogen (secondary N) is 2. The van der Waals surface area contributed by atoms with Crippen molar-refractivity contribution in [2.24, 2.45) is 4.99 Å². The molecule has 1 aromatic heterocycles. The zero-order valence-corrected chi connectivity index (χ0v) is 16.4. The number of rotatable bonds is 5. The second-order valence-electron chi connectivity index (χ2n) is 7.15. The number of aliphatic imine (C=N–C) groups is 1. The van der Waals surface area contributed by atoms with E-state index in [1.165, 1.54) is 24.4 Å². The van der Waals surface area contributed by atoms with Gasteiger partial charge >= 0.3 is 0 Å². The molecule has 0 fully saturated rings. The van der Waals surface area contributed by atoms with E-state index in [-0.39, 0.29) is 17.6 Å². The second kappa shape index (κ2) is 8.41. The Balaban J connectivity index is 1.57. The van der Waals surface area contributed by atoms with Gasteiger partial charge in [0.1, 0.15) is 0 Å². The van der Waals surface area contributed by atoms with Crippen LogP contribution in [0, 0.1) is 5.82 Å². The van der Waals surface area contributed by atoms with Crippen LogP contribution in [-0.4, -0.2) is 35.9 Å². The number of nitrogens with zero attached hydrogens (tertiary/aromatic N) is 3. The summed E-state index contributed by atoms with van der Waals surface area (Å²) in [7, 11) is 3.20. The summed E-state index contributed by atoms with van der Waals surface area (Å²) >= 11 is 0. The highest BCUT2D eigenvalue weighted by molar-refractivity contribution is 5.80. The van der Waals surface area contributed by atoms with Gasteiger partial charge in [-0.05, 0) is 49.9 Å². The maximum atomic E-state index is 13.8. The monoisotopic (exact) mass is 373 g/mol. The van der Waals surface area contributed by atoms with Gasteiger partial charge < -0.3 is 15.4 Å². The average molecular weight is 373 g/mol. The summed E-state index contributed by atoms with van der Waals surface area (Å²) in [6, 6.07) is 5.61. The van der Waals surface area contributed by atoms with Crippen molar-refractivity contribution in [2.75, 3.05) is 14.2 Å². The Morgan fingerprint density at radius 2 is 2.26 bits per heavy atom. The molecule has 0 bridgehead atoms. The van der Waals surface area contributed by atoms with Crippen LogP contribution in [0.15, 0.2) is 29.4 Å². The molecule has 1 aromatic carbocycles. The number of aromatic nitrogens is 2. The van der Waals surface area contributed by atoms with Gasteiger partial charge in [0.25, 0.3) is 0 Å². The lowest BCUT2D eigenvalue weighted by Crippen LogP contribution is -2.45. The molecule has 2 aromatic rings. The minimum Gasteiger partial charge on any atom is -0.494 e. The first-order valence-corrected chi connectivity index (χ1v) is 9.36. The van der Waals surface area contributed by atoms with Gasteiger partial charge in [-0.25, -0.2) is 4.39 Å². The van der Waals surface area contributed by atoms with Crippen LogP contribution in [0.3, 0.4) is 0 Å². The minimum atomic E-state index is -0.361. The van der Waals surface area contributed by atoms with Crippen LogP contribution in [-0.2, 0) is 19.4 Å². The first-order valence-electron chi connectivity index (χ1n) is 9.36. The molecule has 0 radical (unpaired) electrons. The molecule has 0 saturated heterocycles. The molecule has 0 spiro atoms. The van der Waals surface area contributed by atoms with E-state index in [4.69, 9.17) is 9.84 Å². The summed E-state index contributed by atoms with van der Waals surface area (Å²) in [5.74, 6) is 0.600. The van der Waals surface area contributed by atoms with Crippen molar-refractivity contribution in [3.05, 3.63) is 47.0 Å². The first-order chi connectivity index (χ1) is 13.0. The summed E-state index contributed by atoms with van der Waals surface area (Å²) in [4.78, 5) is 4.29. The predicted molar refractivity (Wildman–Crippen MR) is 105 cm³/mol. The number of fused-ring (bicyclic) bond motifs is 1. The highest BCUT2D eigenvalue weighted by Gasteiger charge is 2.23. The predicted octanol–water partition coefficient (Wildman–Crippen LogP) is 2.83. The van der Waals surface area contributed by atoms with Crippen LogP contribution in [0.5, 0.6) is 5.75 Å². The van der Waals surface area contributed by atoms with Crippen molar-refractivity contribution in [3.63, 3.8) is 0 Å². The molecule has 1 unspecified atom stereocenters. The molecule has 1 atom stereocenters. The normalized spacial score (nSPS) is 17.0. The zero-order chi connectivity index (χ0) is 19.4. The summed E-state index contributed by atoms with van der Waals surface area (Å²) in [6.07, 6.45) is 5.10. The third-order valence-corrected chi connectivity index (χ3v) is 4.87. The van der Waals surface area contributed by atoms with Crippen molar-refractivity contribution in [1.29, 1.82) is 0 Å². The lowest BCUT2D eigenvalue weighted by molar-refractivity contribution is 0.386. The highest BCUT2D eigenvalue weighted by Crippen LogP contribution is 2.22. The van der Waals surface area contributed by atoms with Crippen LogP contribution in [0.2, 0.25) is 0 Å². The van der Waals surface area contributed by atoms with Gasteiger partial charge in [-0.15, -0.1) is 0 Å². The van der Waals surface area contributed by atoms with E-state index in [9.17, 15) is 4.39 Å². The summed E-state index contributed by atoms with van der Waals surface area (Å²) < 4.78 is 20.8. The number of halogens is 1. The van der Waals surface area contributed by atoms with Crippen molar-refractivity contribution in [2.45, 2.75) is 51.7 Å². The molecule has 1 aliphatic carbocycles. The Hall–Kier alpha value is -2.57. The van der Waals surface area contributed by atoms with E-state index in [1.807, 2.05) is 10.7 Å². The van der Waals surface area contributed by atoms with Gasteiger partial charge in [-0.2, -0.15) is 5.10 Å². The molecule has 7 heteroatoms. The molecular formula is C20H28FN5O. The molecule has 0 saturated carbocycles. The number of aryl methyl sites for hydroxylation is 1. The number of guanidine groups is 1. The Morgan fingerprint density at radius 1 is 1.44 bits per heavy atom. The molecule has 3 rings (SSSR count). The largest absolute Gasteiger partial charge is 0.494 e. The molecule has 27 heavy (non-hydrogen) atoms. The van der Waals surface area contributed by atoms with Gasteiger partial charge in [0.15, 0.2) is 17.5 Å². The van der Waals surface area contributed by atoms with Crippen molar-refractivity contribution < 1.29 is 9.13 Å². The lowest BCUT2D eigenvalue weighted by atomic mass is 9.94. The smallest absolute Gasteiger partial charge is 0.191 e. The van der Waals surface area contributed by atoms with Crippen molar-refractivity contribution >= 4 is 5.96 Å². The third-order valence-electron chi connectivity index (χ3n) is 4.87. The molecule has 2 N–H and O–H groups in total. The fraction of sp³-hybridized carbons (Fsp3) is 0.500. The van der Waals surface area contributed by atoms with Gasteiger partial charge in [0, 0.05) is 38.3 Å². The van der Waals surface area contributed by atoms with Gasteiger partial charge in [-0.3, -0.25) is 9.67 Å². The minimum absolute atomic E-state index is 0.250. The van der Waals surface area contributed by atoms with Crippen LogP contribution >= 0.6 is 0 Å². The molecule has 1 heterocycles. The van der Waals surface area contributed by atoms with E-state index < -0.39 is 0 Å². The zero-order valence-electron chi connectivity index (χ0n) is 16.4. The van der Waals surface area contributed by atoms with Crippen LogP contribution in [0.1, 0.15) is 43.1 Å². The summed E-state index contributed by atoms with van der Waals surface area (Å²) in [5, 5.41) is 11.4. The average Bonchev–Trinajstić information content (AvgIpc) is 3.09. The van der Waals surface area contributed by atoms with Crippen molar-refractivity contribution in [3.8, 4) is 5.75 Å². The van der Waals surface area contributed by atoms with Crippen LogP contribution in [0.25, 0.3) is 0 Å². The van der Waals surface area contributed by atoms with Gasteiger partial charge in [0.05, 0.1) is 12.8 Å². The van der Waals surface area contributed by atoms with Crippen LogP contribution < -0.4 is 15.4 Å². The third kappa shape index (κ3) is 4.59. The molecular weight excluding hydrogens is 345 g/mol. The molecule has 0 aliphatic heterocycles. The Bertz CT molecular complexity index is 815. The van der Waals surface area contributed by atoms with Gasteiger partial charge in [0.2, 0.25) is 0 Å². The fourth-order valence-electron chi connectivity index (χ4n) is 3.29. The Morgan fingerprint density at radius 3 is 2.93 bits per heavy atom. The molecule has 146 valence electrons. The number of ether oxygens (including phenoxy) is 1. The first kappa shape index (κ1) is 19.2. The Labute approximate surface area is 159 Å². The SMILES string of the molecule is CN=C(NCc1ccc(OC)c(F)c1)NC1CCc2cn(C(C)C)nc2C1. The van der Waals surface area contributed by atoms with Gasteiger partial charge in [-0.1, -0.05) is 6.07 Å². The fourth-order valence-corrected chi connectivity index (χ4v) is 3.29. The maximum absolute atomic E-state index is 13.8.